The second-order valence-corrected chi connectivity index (χ2v) is 7.12. The van der Waals surface area contributed by atoms with E-state index in [2.05, 4.69) is 12.2 Å². The van der Waals surface area contributed by atoms with Crippen LogP contribution < -0.4 is 15.6 Å². The number of benzene rings is 2. The lowest BCUT2D eigenvalue weighted by Crippen LogP contribution is -2.33. The minimum absolute atomic E-state index is 0.120. The van der Waals surface area contributed by atoms with Crippen molar-refractivity contribution in [3.63, 3.8) is 0 Å². The van der Waals surface area contributed by atoms with Gasteiger partial charge in [-0.2, -0.15) is 0 Å². The topological polar surface area (TPSA) is 60.3 Å². The number of nitrogens with zero attached hydrogens (tertiary/aromatic N) is 1. The van der Waals surface area contributed by atoms with Gasteiger partial charge in [0.2, 0.25) is 5.91 Å². The Labute approximate surface area is 156 Å². The fourth-order valence-corrected chi connectivity index (χ4v) is 3.65. The summed E-state index contributed by atoms with van der Waals surface area (Å²) in [4.78, 5) is 24.9. The zero-order valence-corrected chi connectivity index (χ0v) is 15.7. The second-order valence-electron chi connectivity index (χ2n) is 6.10. The van der Waals surface area contributed by atoms with Gasteiger partial charge in [0, 0.05) is 6.54 Å². The third kappa shape index (κ3) is 3.96. The average molecular weight is 370 g/mol. The molecular formula is C20H22N2O3S. The highest BCUT2D eigenvalue weighted by Gasteiger charge is 2.19. The van der Waals surface area contributed by atoms with E-state index in [1.165, 1.54) is 15.5 Å². The first-order valence-corrected chi connectivity index (χ1v) is 9.47. The number of carbonyl (C=O) groups excluding carboxylic acids is 1. The minimum Gasteiger partial charge on any atom is -0.494 e. The van der Waals surface area contributed by atoms with E-state index < -0.39 is 6.04 Å². The van der Waals surface area contributed by atoms with Gasteiger partial charge < -0.3 is 10.1 Å². The Bertz CT molecular complexity index is 944. The number of ether oxygens (including phenoxy) is 1. The normalized spacial score (nSPS) is 12.1. The fourth-order valence-electron chi connectivity index (χ4n) is 2.61. The van der Waals surface area contributed by atoms with Crippen molar-refractivity contribution in [2.75, 3.05) is 6.61 Å². The molecule has 5 nitrogen and oxygen atoms in total. The van der Waals surface area contributed by atoms with Gasteiger partial charge in [-0.05, 0) is 43.2 Å². The van der Waals surface area contributed by atoms with Crippen molar-refractivity contribution < 1.29 is 9.53 Å². The number of hydrogen-bond donors (Lipinski definition) is 1. The average Bonchev–Trinajstić information content (AvgIpc) is 3.01. The summed E-state index contributed by atoms with van der Waals surface area (Å²) in [7, 11) is 0. The Kier molecular flexibility index (Phi) is 5.73. The Morgan fingerprint density at radius 1 is 1.19 bits per heavy atom. The van der Waals surface area contributed by atoms with Crippen LogP contribution in [0.15, 0.2) is 53.3 Å². The molecule has 3 aromatic rings. The summed E-state index contributed by atoms with van der Waals surface area (Å²) >= 11 is 1.32. The predicted octanol–water partition coefficient (Wildman–Crippen LogP) is 3.73. The number of rotatable bonds is 7. The van der Waals surface area contributed by atoms with E-state index in [-0.39, 0.29) is 11.5 Å². The summed E-state index contributed by atoms with van der Waals surface area (Å²) in [5, 5.41) is 3.55. The van der Waals surface area contributed by atoms with E-state index in [0.29, 0.717) is 18.5 Å². The highest BCUT2D eigenvalue weighted by molar-refractivity contribution is 7.14. The molecule has 0 saturated heterocycles. The van der Waals surface area contributed by atoms with Crippen molar-refractivity contribution in [2.24, 2.45) is 0 Å². The number of amides is 1. The molecule has 0 fully saturated rings. The lowest BCUT2D eigenvalue weighted by molar-refractivity contribution is -0.123. The van der Waals surface area contributed by atoms with E-state index in [0.717, 1.165) is 22.4 Å². The van der Waals surface area contributed by atoms with Crippen LogP contribution in [-0.2, 0) is 11.3 Å². The van der Waals surface area contributed by atoms with E-state index in [1.54, 1.807) is 13.0 Å². The molecule has 1 unspecified atom stereocenters. The van der Waals surface area contributed by atoms with Gasteiger partial charge >= 0.3 is 0 Å². The van der Waals surface area contributed by atoms with Gasteiger partial charge in [-0.25, -0.2) is 0 Å². The molecule has 0 aliphatic heterocycles. The quantitative estimate of drug-likeness (QED) is 0.689. The van der Waals surface area contributed by atoms with Crippen molar-refractivity contribution >= 4 is 27.5 Å². The van der Waals surface area contributed by atoms with Crippen LogP contribution in [0.3, 0.4) is 0 Å². The van der Waals surface area contributed by atoms with E-state index in [4.69, 9.17) is 4.74 Å². The van der Waals surface area contributed by atoms with Crippen LogP contribution >= 0.6 is 11.5 Å². The molecule has 0 spiro atoms. The SMILES string of the molecule is CCCOc1ccc(CNC(=O)C(C)n2sc3ccccc3c2=O)cc1. The molecule has 0 bridgehead atoms. The molecule has 6 heteroatoms. The minimum atomic E-state index is -0.549. The third-order valence-corrected chi connectivity index (χ3v) is 5.34. The molecule has 0 radical (unpaired) electrons. The second kappa shape index (κ2) is 8.19. The Balaban J connectivity index is 1.64. The highest BCUT2D eigenvalue weighted by Crippen LogP contribution is 2.19. The molecule has 26 heavy (non-hydrogen) atoms. The maximum absolute atomic E-state index is 12.5. The standard InChI is InChI=1S/C20H22N2O3S/c1-3-12-25-16-10-8-15(9-11-16)13-21-19(23)14(2)22-20(24)17-6-4-5-7-18(17)26-22/h4-11,14H,3,12-13H2,1-2H3,(H,21,23). The van der Waals surface area contributed by atoms with Gasteiger partial charge in [0.1, 0.15) is 11.8 Å². The maximum Gasteiger partial charge on any atom is 0.269 e. The first kappa shape index (κ1) is 18.2. The molecule has 1 amide bonds. The molecule has 136 valence electrons. The van der Waals surface area contributed by atoms with E-state index in [1.807, 2.05) is 42.5 Å². The summed E-state index contributed by atoms with van der Waals surface area (Å²) in [6, 6.07) is 14.5. The van der Waals surface area contributed by atoms with Crippen LogP contribution in [0.4, 0.5) is 0 Å². The number of aromatic nitrogens is 1. The lowest BCUT2D eigenvalue weighted by Gasteiger charge is -2.12. The third-order valence-electron chi connectivity index (χ3n) is 4.11. The van der Waals surface area contributed by atoms with Gasteiger partial charge in [-0.3, -0.25) is 13.5 Å². The summed E-state index contributed by atoms with van der Waals surface area (Å²) in [6.07, 6.45) is 0.965. The fraction of sp³-hybridized carbons (Fsp3) is 0.300. The zero-order valence-electron chi connectivity index (χ0n) is 14.9. The number of carbonyl (C=O) groups is 1. The predicted molar refractivity (Wildman–Crippen MR) is 105 cm³/mol. The molecule has 3 rings (SSSR count). The van der Waals surface area contributed by atoms with E-state index in [9.17, 15) is 9.59 Å². The van der Waals surface area contributed by atoms with E-state index >= 15 is 0 Å². The molecule has 1 N–H and O–H groups in total. The first-order valence-electron chi connectivity index (χ1n) is 8.70. The van der Waals surface area contributed by atoms with Gasteiger partial charge in [0.25, 0.3) is 5.56 Å². The molecular weight excluding hydrogens is 348 g/mol. The number of fused-ring (bicyclic) bond motifs is 1. The van der Waals surface area contributed by atoms with Gasteiger partial charge in [-0.15, -0.1) is 0 Å². The Morgan fingerprint density at radius 2 is 1.92 bits per heavy atom. The number of hydrogen-bond acceptors (Lipinski definition) is 4. The van der Waals surface area contributed by atoms with Gasteiger partial charge in [0.05, 0.1) is 16.7 Å². The van der Waals surface area contributed by atoms with Crippen LogP contribution in [0.5, 0.6) is 5.75 Å². The van der Waals surface area contributed by atoms with Crippen molar-refractivity contribution in [3.05, 3.63) is 64.4 Å². The number of nitrogens with one attached hydrogen (secondary N) is 1. The van der Waals surface area contributed by atoms with Crippen molar-refractivity contribution in [1.29, 1.82) is 0 Å². The smallest absolute Gasteiger partial charge is 0.269 e. The van der Waals surface area contributed by atoms with Crippen LogP contribution in [-0.4, -0.2) is 16.5 Å². The molecule has 2 aromatic carbocycles. The van der Waals surface area contributed by atoms with Crippen LogP contribution in [0, 0.1) is 0 Å². The molecule has 1 heterocycles. The largest absolute Gasteiger partial charge is 0.494 e. The summed E-state index contributed by atoms with van der Waals surface area (Å²) in [5.41, 5.74) is 0.865. The maximum atomic E-state index is 12.5. The Morgan fingerprint density at radius 3 is 2.62 bits per heavy atom. The summed E-state index contributed by atoms with van der Waals surface area (Å²) in [5.74, 6) is 0.650. The van der Waals surface area contributed by atoms with Crippen LogP contribution in [0.2, 0.25) is 0 Å². The summed E-state index contributed by atoms with van der Waals surface area (Å²) in [6.45, 7) is 4.91. The molecule has 1 aromatic heterocycles. The molecule has 0 aliphatic carbocycles. The first-order chi connectivity index (χ1) is 12.6. The van der Waals surface area contributed by atoms with Crippen molar-refractivity contribution in [3.8, 4) is 5.75 Å². The van der Waals surface area contributed by atoms with Gasteiger partial charge in [0.15, 0.2) is 0 Å². The lowest BCUT2D eigenvalue weighted by atomic mass is 10.2. The van der Waals surface area contributed by atoms with Crippen LogP contribution in [0.25, 0.3) is 10.1 Å². The molecule has 0 aliphatic rings. The molecule has 0 saturated carbocycles. The van der Waals surface area contributed by atoms with Gasteiger partial charge in [-0.1, -0.05) is 42.7 Å². The molecule has 1 atom stereocenters. The van der Waals surface area contributed by atoms with Crippen LogP contribution in [0.1, 0.15) is 31.9 Å². The van der Waals surface area contributed by atoms with Crippen molar-refractivity contribution in [1.82, 2.24) is 9.27 Å². The zero-order chi connectivity index (χ0) is 18.5. The summed E-state index contributed by atoms with van der Waals surface area (Å²) < 4.78 is 7.97. The van der Waals surface area contributed by atoms with Crippen molar-refractivity contribution in [2.45, 2.75) is 32.9 Å². The monoisotopic (exact) mass is 370 g/mol. The Hall–Kier alpha value is -2.60. The highest BCUT2D eigenvalue weighted by atomic mass is 32.1.